The fourth-order valence-corrected chi connectivity index (χ4v) is 3.33. The molecule has 178 valence electrons. The number of rotatable bonds is 9. The van der Waals surface area contributed by atoms with Gasteiger partial charge in [0, 0.05) is 25.2 Å². The third-order valence-corrected chi connectivity index (χ3v) is 4.79. The third-order valence-electron chi connectivity index (χ3n) is 4.79. The van der Waals surface area contributed by atoms with Gasteiger partial charge in [0.1, 0.15) is 28.7 Å². The van der Waals surface area contributed by atoms with E-state index in [1.54, 1.807) is 19.1 Å². The summed E-state index contributed by atoms with van der Waals surface area (Å²) < 4.78 is 49.1. The van der Waals surface area contributed by atoms with Gasteiger partial charge in [-0.1, -0.05) is 6.07 Å². The van der Waals surface area contributed by atoms with E-state index in [0.717, 1.165) is 23.9 Å². The molecular weight excluding hydrogens is 438 g/mol. The molecule has 0 bridgehead atoms. The Morgan fingerprint density at radius 3 is 2.30 bits per heavy atom. The Morgan fingerprint density at radius 2 is 1.67 bits per heavy atom. The smallest absolute Gasteiger partial charge is 0.344 e. The van der Waals surface area contributed by atoms with Crippen molar-refractivity contribution in [3.63, 3.8) is 0 Å². The minimum atomic E-state index is -1.27. The average molecular weight is 464 g/mol. The number of anilines is 2. The zero-order chi connectivity index (χ0) is 23.8. The minimum absolute atomic E-state index is 0.315. The molecule has 10 heteroatoms. The lowest BCUT2D eigenvalue weighted by Gasteiger charge is -2.31. The molecular formula is C23H26F2N2O6. The Labute approximate surface area is 190 Å². The number of hydrogen-bond donors (Lipinski definition) is 1. The highest BCUT2D eigenvalue weighted by Crippen LogP contribution is 2.39. The summed E-state index contributed by atoms with van der Waals surface area (Å²) in [4.78, 5) is 26.6. The molecule has 0 unspecified atom stereocenters. The number of benzene rings is 2. The van der Waals surface area contributed by atoms with Crippen molar-refractivity contribution in [1.29, 1.82) is 0 Å². The van der Waals surface area contributed by atoms with Gasteiger partial charge in [-0.2, -0.15) is 0 Å². The predicted molar refractivity (Wildman–Crippen MR) is 117 cm³/mol. The van der Waals surface area contributed by atoms with Crippen molar-refractivity contribution in [2.24, 2.45) is 0 Å². The number of nitrogens with one attached hydrogen (secondary N) is 1. The van der Waals surface area contributed by atoms with Gasteiger partial charge in [-0.15, -0.1) is 0 Å². The quantitative estimate of drug-likeness (QED) is 0.570. The van der Waals surface area contributed by atoms with Crippen LogP contribution in [0.25, 0.3) is 0 Å². The van der Waals surface area contributed by atoms with E-state index < -0.39 is 35.7 Å². The van der Waals surface area contributed by atoms with Crippen LogP contribution in [-0.2, 0) is 14.3 Å². The SMILES string of the molecule is CCOc1cc(N2CCOCC2)c(OCC)cc1NC(=O)COC(=O)c1c(F)cccc1F. The summed E-state index contributed by atoms with van der Waals surface area (Å²) in [7, 11) is 0. The number of esters is 1. The molecule has 1 N–H and O–H groups in total. The number of amides is 1. The van der Waals surface area contributed by atoms with Gasteiger partial charge in [-0.05, 0) is 26.0 Å². The van der Waals surface area contributed by atoms with Crippen LogP contribution in [-0.4, -0.2) is 58.0 Å². The van der Waals surface area contributed by atoms with Gasteiger partial charge in [0.05, 0.1) is 37.8 Å². The first-order valence-electron chi connectivity index (χ1n) is 10.6. The molecule has 2 aromatic rings. The predicted octanol–water partition coefficient (Wildman–Crippen LogP) is 3.39. The Bertz CT molecular complexity index is 975. The van der Waals surface area contributed by atoms with E-state index in [9.17, 15) is 18.4 Å². The van der Waals surface area contributed by atoms with E-state index >= 15 is 0 Å². The molecule has 1 amide bonds. The minimum Gasteiger partial charge on any atom is -0.492 e. The summed E-state index contributed by atoms with van der Waals surface area (Å²) in [6.45, 7) is 6.20. The maximum Gasteiger partial charge on any atom is 0.344 e. The van der Waals surface area contributed by atoms with Gasteiger partial charge in [0.2, 0.25) is 0 Å². The topological polar surface area (TPSA) is 86.3 Å². The van der Waals surface area contributed by atoms with E-state index in [2.05, 4.69) is 10.2 Å². The van der Waals surface area contributed by atoms with Crippen molar-refractivity contribution in [3.8, 4) is 11.5 Å². The van der Waals surface area contributed by atoms with Crippen molar-refractivity contribution in [1.82, 2.24) is 0 Å². The van der Waals surface area contributed by atoms with Crippen LogP contribution in [0.2, 0.25) is 0 Å². The summed E-state index contributed by atoms with van der Waals surface area (Å²) in [5.74, 6) is -3.17. The van der Waals surface area contributed by atoms with E-state index in [4.69, 9.17) is 18.9 Å². The first-order chi connectivity index (χ1) is 15.9. The van der Waals surface area contributed by atoms with E-state index in [0.29, 0.717) is 56.7 Å². The van der Waals surface area contributed by atoms with Gasteiger partial charge in [-0.25, -0.2) is 13.6 Å². The van der Waals surface area contributed by atoms with Crippen molar-refractivity contribution < 1.29 is 37.3 Å². The molecule has 0 spiro atoms. The molecule has 0 saturated carbocycles. The lowest BCUT2D eigenvalue weighted by Crippen LogP contribution is -2.36. The van der Waals surface area contributed by atoms with Crippen molar-refractivity contribution >= 4 is 23.3 Å². The van der Waals surface area contributed by atoms with E-state index in [1.807, 2.05) is 6.92 Å². The van der Waals surface area contributed by atoms with Crippen LogP contribution in [0.4, 0.5) is 20.2 Å². The summed E-state index contributed by atoms with van der Waals surface area (Å²) in [5.41, 5.74) is 0.271. The number of nitrogens with zero attached hydrogens (tertiary/aromatic N) is 1. The lowest BCUT2D eigenvalue weighted by atomic mass is 10.2. The van der Waals surface area contributed by atoms with Gasteiger partial charge < -0.3 is 29.2 Å². The van der Waals surface area contributed by atoms with Crippen molar-refractivity contribution in [2.75, 3.05) is 56.3 Å². The fraction of sp³-hybridized carbons (Fsp3) is 0.391. The van der Waals surface area contributed by atoms with Gasteiger partial charge in [-0.3, -0.25) is 4.79 Å². The highest BCUT2D eigenvalue weighted by atomic mass is 19.1. The van der Waals surface area contributed by atoms with Crippen LogP contribution in [0.1, 0.15) is 24.2 Å². The third kappa shape index (κ3) is 6.10. The highest BCUT2D eigenvalue weighted by molar-refractivity contribution is 5.97. The second kappa shape index (κ2) is 11.5. The largest absolute Gasteiger partial charge is 0.492 e. The molecule has 1 aliphatic heterocycles. The lowest BCUT2D eigenvalue weighted by molar-refractivity contribution is -0.119. The number of hydrogen-bond acceptors (Lipinski definition) is 7. The molecule has 1 aliphatic rings. The number of morpholine rings is 1. The van der Waals surface area contributed by atoms with E-state index in [-0.39, 0.29) is 0 Å². The molecule has 0 aliphatic carbocycles. The van der Waals surface area contributed by atoms with Crippen LogP contribution in [0, 0.1) is 11.6 Å². The van der Waals surface area contributed by atoms with Crippen LogP contribution in [0.3, 0.4) is 0 Å². The number of carbonyl (C=O) groups is 2. The molecule has 1 saturated heterocycles. The van der Waals surface area contributed by atoms with E-state index in [1.165, 1.54) is 0 Å². The molecule has 0 aromatic heterocycles. The summed E-state index contributed by atoms with van der Waals surface area (Å²) in [6, 6.07) is 6.39. The second-order valence-corrected chi connectivity index (χ2v) is 7.00. The number of ether oxygens (including phenoxy) is 4. The van der Waals surface area contributed by atoms with Crippen LogP contribution in [0.5, 0.6) is 11.5 Å². The maximum absolute atomic E-state index is 13.7. The maximum atomic E-state index is 13.7. The molecule has 8 nitrogen and oxygen atoms in total. The first kappa shape index (κ1) is 24.2. The molecule has 1 fully saturated rings. The van der Waals surface area contributed by atoms with Gasteiger partial charge >= 0.3 is 5.97 Å². The van der Waals surface area contributed by atoms with Crippen molar-refractivity contribution in [2.45, 2.75) is 13.8 Å². The van der Waals surface area contributed by atoms with Crippen LogP contribution in [0.15, 0.2) is 30.3 Å². The first-order valence-corrected chi connectivity index (χ1v) is 10.6. The Kier molecular flexibility index (Phi) is 8.42. The number of carbonyl (C=O) groups excluding carboxylic acids is 2. The van der Waals surface area contributed by atoms with Crippen LogP contribution >= 0.6 is 0 Å². The summed E-state index contributed by atoms with van der Waals surface area (Å²) in [5, 5.41) is 2.61. The average Bonchev–Trinajstić information content (AvgIpc) is 2.80. The van der Waals surface area contributed by atoms with Gasteiger partial charge in [0.15, 0.2) is 6.61 Å². The van der Waals surface area contributed by atoms with Gasteiger partial charge in [0.25, 0.3) is 5.91 Å². The Balaban J connectivity index is 1.76. The summed E-state index contributed by atoms with van der Waals surface area (Å²) in [6.07, 6.45) is 0. The molecule has 2 aromatic carbocycles. The monoisotopic (exact) mass is 464 g/mol. The van der Waals surface area contributed by atoms with Crippen molar-refractivity contribution in [3.05, 3.63) is 47.5 Å². The molecule has 0 atom stereocenters. The normalized spacial score (nSPS) is 13.4. The zero-order valence-electron chi connectivity index (χ0n) is 18.5. The zero-order valence-corrected chi connectivity index (χ0v) is 18.5. The number of halogens is 2. The van der Waals surface area contributed by atoms with Crippen LogP contribution < -0.4 is 19.7 Å². The molecule has 3 rings (SSSR count). The highest BCUT2D eigenvalue weighted by Gasteiger charge is 2.22. The Morgan fingerprint density at radius 1 is 1.03 bits per heavy atom. The standard InChI is InChI=1S/C23H26F2N2O6/c1-3-31-19-13-18(27-8-10-30-11-9-27)20(32-4-2)12-17(19)26-21(28)14-33-23(29)22-15(24)6-5-7-16(22)25/h5-7,12-13H,3-4,8-11,14H2,1-2H3,(H,26,28). The fourth-order valence-electron chi connectivity index (χ4n) is 3.33. The Hall–Kier alpha value is -3.40. The molecule has 1 heterocycles. The summed E-state index contributed by atoms with van der Waals surface area (Å²) >= 11 is 0. The second-order valence-electron chi connectivity index (χ2n) is 7.00. The molecule has 0 radical (unpaired) electrons. The molecule has 33 heavy (non-hydrogen) atoms.